The molecule has 0 aliphatic heterocycles. The fourth-order valence-electron chi connectivity index (χ4n) is 1.17. The predicted molar refractivity (Wildman–Crippen MR) is 60.6 cm³/mol. The minimum absolute atomic E-state index is 0.197. The van der Waals surface area contributed by atoms with Gasteiger partial charge in [-0.3, -0.25) is 5.41 Å². The third-order valence-electron chi connectivity index (χ3n) is 2.08. The van der Waals surface area contributed by atoms with E-state index >= 15 is 0 Å². The van der Waals surface area contributed by atoms with Crippen LogP contribution in [0.15, 0.2) is 18.3 Å². The molecule has 1 rings (SSSR count). The van der Waals surface area contributed by atoms with Crippen LogP contribution in [0.25, 0.3) is 0 Å². The monoisotopic (exact) mass is 208 g/mol. The van der Waals surface area contributed by atoms with Gasteiger partial charge in [-0.1, -0.05) is 0 Å². The summed E-state index contributed by atoms with van der Waals surface area (Å²) in [4.78, 5) is 6.03. The molecule has 82 valence electrons. The minimum Gasteiger partial charge on any atom is -0.481 e. The Balaban J connectivity index is 2.64. The molecule has 0 unspecified atom stereocenters. The van der Waals surface area contributed by atoms with E-state index in [0.717, 1.165) is 5.69 Å². The number of aromatic nitrogens is 1. The van der Waals surface area contributed by atoms with E-state index in [1.807, 2.05) is 24.1 Å². The molecule has 15 heavy (non-hydrogen) atoms. The van der Waals surface area contributed by atoms with E-state index in [4.69, 9.17) is 15.9 Å². The van der Waals surface area contributed by atoms with Crippen molar-refractivity contribution in [2.24, 2.45) is 5.73 Å². The molecule has 1 aromatic heterocycles. The summed E-state index contributed by atoms with van der Waals surface area (Å²) in [5.41, 5.74) is 6.30. The highest BCUT2D eigenvalue weighted by Crippen LogP contribution is 2.16. The molecule has 0 saturated carbocycles. The third kappa shape index (κ3) is 3.46. The zero-order valence-corrected chi connectivity index (χ0v) is 9.03. The highest BCUT2D eigenvalue weighted by Gasteiger charge is 2.03. The highest BCUT2D eigenvalue weighted by molar-refractivity contribution is 5.77. The van der Waals surface area contributed by atoms with E-state index in [2.05, 4.69) is 4.98 Å². The maximum atomic E-state index is 7.14. The van der Waals surface area contributed by atoms with Gasteiger partial charge in [-0.2, -0.15) is 0 Å². The Morgan fingerprint density at radius 2 is 2.40 bits per heavy atom. The van der Waals surface area contributed by atoms with E-state index in [1.165, 1.54) is 0 Å². The van der Waals surface area contributed by atoms with Crippen molar-refractivity contribution in [1.29, 1.82) is 5.41 Å². The Kier molecular flexibility index (Phi) is 3.91. The molecule has 5 nitrogen and oxygen atoms in total. The highest BCUT2D eigenvalue weighted by atomic mass is 16.5. The number of hydrogen-bond donors (Lipinski definition) is 2. The summed E-state index contributed by atoms with van der Waals surface area (Å²) < 4.78 is 5.03. The van der Waals surface area contributed by atoms with Crippen LogP contribution in [0.3, 0.4) is 0 Å². The van der Waals surface area contributed by atoms with Crippen LogP contribution in [0.4, 0.5) is 5.69 Å². The van der Waals surface area contributed by atoms with E-state index < -0.39 is 0 Å². The lowest BCUT2D eigenvalue weighted by atomic mass is 10.3. The Bertz CT molecular complexity index is 340. The number of ether oxygens (including phenoxy) is 1. The number of amidine groups is 1. The maximum Gasteiger partial charge on any atom is 0.214 e. The van der Waals surface area contributed by atoms with Gasteiger partial charge in [0, 0.05) is 38.0 Å². The molecule has 0 saturated heterocycles. The van der Waals surface area contributed by atoms with Gasteiger partial charge in [0.1, 0.15) is 0 Å². The van der Waals surface area contributed by atoms with E-state index in [0.29, 0.717) is 18.8 Å². The summed E-state index contributed by atoms with van der Waals surface area (Å²) in [7, 11) is 3.53. The molecule has 1 aromatic rings. The predicted octanol–water partition coefficient (Wildman–Crippen LogP) is 0.852. The van der Waals surface area contributed by atoms with Crippen LogP contribution in [0.5, 0.6) is 5.88 Å². The first-order valence-electron chi connectivity index (χ1n) is 4.67. The standard InChI is InChI=1S/C10H16N4O/c1-14(6-4-9(11)12)8-3-5-13-10(7-8)15-2/h3,5,7H,4,6H2,1-2H3,(H3,11,12). The average Bonchev–Trinajstić information content (AvgIpc) is 2.26. The first kappa shape index (κ1) is 11.3. The second-order valence-corrected chi connectivity index (χ2v) is 3.25. The van der Waals surface area contributed by atoms with Gasteiger partial charge in [0.05, 0.1) is 12.9 Å². The fraction of sp³-hybridized carbons (Fsp3) is 0.400. The van der Waals surface area contributed by atoms with Gasteiger partial charge in [-0.15, -0.1) is 0 Å². The number of nitrogens with one attached hydrogen (secondary N) is 1. The molecular weight excluding hydrogens is 192 g/mol. The number of anilines is 1. The largest absolute Gasteiger partial charge is 0.481 e. The van der Waals surface area contributed by atoms with Gasteiger partial charge in [0.25, 0.3) is 0 Å². The maximum absolute atomic E-state index is 7.14. The topological polar surface area (TPSA) is 75.2 Å². The van der Waals surface area contributed by atoms with Gasteiger partial charge >= 0.3 is 0 Å². The first-order chi connectivity index (χ1) is 7.13. The molecule has 0 radical (unpaired) electrons. The smallest absolute Gasteiger partial charge is 0.214 e. The van der Waals surface area contributed by atoms with Gasteiger partial charge in [0.15, 0.2) is 0 Å². The van der Waals surface area contributed by atoms with Crippen molar-refractivity contribution in [3.05, 3.63) is 18.3 Å². The summed E-state index contributed by atoms with van der Waals surface area (Å²) in [6.07, 6.45) is 2.25. The number of hydrogen-bond acceptors (Lipinski definition) is 4. The first-order valence-corrected chi connectivity index (χ1v) is 4.67. The zero-order chi connectivity index (χ0) is 11.3. The molecule has 0 atom stereocenters. The van der Waals surface area contributed by atoms with Crippen molar-refractivity contribution >= 4 is 11.5 Å². The normalized spacial score (nSPS) is 9.73. The molecule has 3 N–H and O–H groups in total. The molecule has 1 heterocycles. The van der Waals surface area contributed by atoms with Crippen molar-refractivity contribution in [3.63, 3.8) is 0 Å². The Morgan fingerprint density at radius 3 is 3.00 bits per heavy atom. The number of nitrogens with two attached hydrogens (primary N) is 1. The Morgan fingerprint density at radius 1 is 1.67 bits per heavy atom. The lowest BCUT2D eigenvalue weighted by Gasteiger charge is -2.18. The van der Waals surface area contributed by atoms with Gasteiger partial charge < -0.3 is 15.4 Å². The van der Waals surface area contributed by atoms with Crippen molar-refractivity contribution < 1.29 is 4.74 Å². The molecule has 0 aliphatic rings. The second kappa shape index (κ2) is 5.19. The van der Waals surface area contributed by atoms with Crippen molar-refractivity contribution in [3.8, 4) is 5.88 Å². The molecule has 0 spiro atoms. The summed E-state index contributed by atoms with van der Waals surface area (Å²) in [6, 6.07) is 3.74. The molecule has 0 aliphatic carbocycles. The van der Waals surface area contributed by atoms with Crippen LogP contribution < -0.4 is 15.4 Å². The summed E-state index contributed by atoms with van der Waals surface area (Å²) in [5.74, 6) is 0.782. The van der Waals surface area contributed by atoms with Gasteiger partial charge in [0.2, 0.25) is 5.88 Å². The number of rotatable bonds is 5. The third-order valence-corrected chi connectivity index (χ3v) is 2.08. The number of pyridine rings is 1. The molecule has 0 aromatic carbocycles. The molecular formula is C10H16N4O. The zero-order valence-electron chi connectivity index (χ0n) is 9.03. The van der Waals surface area contributed by atoms with Crippen molar-refractivity contribution in [2.45, 2.75) is 6.42 Å². The number of methoxy groups -OCH3 is 1. The van der Waals surface area contributed by atoms with E-state index in [1.54, 1.807) is 13.3 Å². The van der Waals surface area contributed by atoms with Crippen LogP contribution >= 0.6 is 0 Å². The minimum atomic E-state index is 0.197. The van der Waals surface area contributed by atoms with Crippen molar-refractivity contribution in [2.75, 3.05) is 25.6 Å². The molecule has 0 amide bonds. The summed E-state index contributed by atoms with van der Waals surface area (Å²) >= 11 is 0. The van der Waals surface area contributed by atoms with Crippen LogP contribution in [0.2, 0.25) is 0 Å². The SMILES string of the molecule is COc1cc(N(C)CCC(=N)N)ccn1. The quantitative estimate of drug-likeness (QED) is 0.555. The lowest BCUT2D eigenvalue weighted by Crippen LogP contribution is -2.23. The van der Waals surface area contributed by atoms with E-state index in [-0.39, 0.29) is 5.84 Å². The van der Waals surface area contributed by atoms with Crippen LogP contribution in [-0.2, 0) is 0 Å². The van der Waals surface area contributed by atoms with Gasteiger partial charge in [-0.05, 0) is 6.07 Å². The van der Waals surface area contributed by atoms with Crippen LogP contribution in [0, 0.1) is 5.41 Å². The van der Waals surface area contributed by atoms with Crippen LogP contribution in [0.1, 0.15) is 6.42 Å². The van der Waals surface area contributed by atoms with Gasteiger partial charge in [-0.25, -0.2) is 4.98 Å². The fourth-order valence-corrected chi connectivity index (χ4v) is 1.17. The molecule has 5 heteroatoms. The average molecular weight is 208 g/mol. The van der Waals surface area contributed by atoms with E-state index in [9.17, 15) is 0 Å². The van der Waals surface area contributed by atoms with Crippen LogP contribution in [-0.4, -0.2) is 31.5 Å². The van der Waals surface area contributed by atoms with Crippen molar-refractivity contribution in [1.82, 2.24) is 4.98 Å². The lowest BCUT2D eigenvalue weighted by molar-refractivity contribution is 0.398. The Hall–Kier alpha value is -1.78. The molecule has 0 bridgehead atoms. The second-order valence-electron chi connectivity index (χ2n) is 3.25. The number of nitrogens with zero attached hydrogens (tertiary/aromatic N) is 2. The Labute approximate surface area is 89.4 Å². The summed E-state index contributed by atoms with van der Waals surface area (Å²) in [5, 5.41) is 7.14. The summed E-state index contributed by atoms with van der Waals surface area (Å²) in [6.45, 7) is 0.711. The molecule has 0 fully saturated rings.